The lowest BCUT2D eigenvalue weighted by atomic mass is 10.3. The van der Waals surface area contributed by atoms with Crippen molar-refractivity contribution in [3.05, 3.63) is 23.7 Å². The van der Waals surface area contributed by atoms with Gasteiger partial charge in [-0.2, -0.15) is 0 Å². The van der Waals surface area contributed by atoms with Gasteiger partial charge in [0, 0.05) is 40.2 Å². The van der Waals surface area contributed by atoms with Crippen LogP contribution in [-0.4, -0.2) is 66.3 Å². The molecule has 22 heavy (non-hydrogen) atoms. The number of furan rings is 1. The van der Waals surface area contributed by atoms with Gasteiger partial charge < -0.3 is 14.2 Å². The van der Waals surface area contributed by atoms with Gasteiger partial charge in [-0.1, -0.05) is 0 Å². The van der Waals surface area contributed by atoms with Crippen LogP contribution in [-0.2, 0) is 16.1 Å². The highest BCUT2D eigenvalue weighted by molar-refractivity contribution is 5.78. The maximum Gasteiger partial charge on any atom is 0.236 e. The second-order valence-corrected chi connectivity index (χ2v) is 5.90. The molecule has 1 fully saturated rings. The van der Waals surface area contributed by atoms with Crippen LogP contribution in [0.4, 0.5) is 0 Å². The largest absolute Gasteiger partial charge is 0.464 e. The Morgan fingerprint density at radius 2 is 2.00 bits per heavy atom. The molecule has 0 bridgehead atoms. The van der Waals surface area contributed by atoms with Crippen molar-refractivity contribution >= 4 is 11.8 Å². The second-order valence-electron chi connectivity index (χ2n) is 5.90. The Hall–Kier alpha value is -1.82. The number of aryl methyl sites for hydroxylation is 1. The Balaban J connectivity index is 1.82. The Kier molecular flexibility index (Phi) is 5.60. The zero-order valence-electron chi connectivity index (χ0n) is 13.7. The highest BCUT2D eigenvalue weighted by atomic mass is 16.3. The Morgan fingerprint density at radius 1 is 1.23 bits per heavy atom. The summed E-state index contributed by atoms with van der Waals surface area (Å²) in [6.45, 7) is 7.44. The molecule has 1 aromatic rings. The molecule has 1 aliphatic heterocycles. The first-order chi connectivity index (χ1) is 10.5. The number of hydrogen-bond acceptors (Lipinski definition) is 4. The summed E-state index contributed by atoms with van der Waals surface area (Å²) in [5, 5.41) is 0. The zero-order valence-corrected chi connectivity index (χ0v) is 13.7. The van der Waals surface area contributed by atoms with E-state index in [2.05, 4.69) is 4.90 Å². The van der Waals surface area contributed by atoms with Crippen LogP contribution in [0.25, 0.3) is 0 Å². The van der Waals surface area contributed by atoms with Gasteiger partial charge in [-0.25, -0.2) is 0 Å². The van der Waals surface area contributed by atoms with Crippen molar-refractivity contribution in [3.63, 3.8) is 0 Å². The van der Waals surface area contributed by atoms with Gasteiger partial charge in [-0.3, -0.25) is 14.5 Å². The maximum atomic E-state index is 12.3. The van der Waals surface area contributed by atoms with Crippen molar-refractivity contribution in [2.45, 2.75) is 26.8 Å². The summed E-state index contributed by atoms with van der Waals surface area (Å²) in [5.41, 5.74) is 0. The number of amides is 2. The smallest absolute Gasteiger partial charge is 0.236 e. The van der Waals surface area contributed by atoms with E-state index >= 15 is 0 Å². The molecule has 6 nitrogen and oxygen atoms in total. The molecule has 0 saturated carbocycles. The normalized spacial score (nSPS) is 16.4. The van der Waals surface area contributed by atoms with Crippen molar-refractivity contribution in [2.75, 3.05) is 39.8 Å². The standard InChI is InChI=1S/C16H25N3O3/c1-13-5-6-15(22-13)11-17(3)16(21)12-18-7-4-8-19(10-9-18)14(2)20/h5-6H,4,7-12H2,1-3H3. The predicted octanol–water partition coefficient (Wildman–Crippen LogP) is 1.10. The first-order valence-corrected chi connectivity index (χ1v) is 7.73. The van der Waals surface area contributed by atoms with E-state index in [9.17, 15) is 9.59 Å². The fraction of sp³-hybridized carbons (Fsp3) is 0.625. The van der Waals surface area contributed by atoms with Crippen LogP contribution in [0.3, 0.4) is 0 Å². The number of likely N-dealkylation sites (N-methyl/N-ethyl adjacent to an activating group) is 1. The molecule has 122 valence electrons. The van der Waals surface area contributed by atoms with Gasteiger partial charge in [0.1, 0.15) is 11.5 Å². The number of carbonyl (C=O) groups excluding carboxylic acids is 2. The van der Waals surface area contributed by atoms with Crippen LogP contribution in [0, 0.1) is 6.92 Å². The average Bonchev–Trinajstić information content (AvgIpc) is 2.73. The van der Waals surface area contributed by atoms with Crippen molar-refractivity contribution in [2.24, 2.45) is 0 Å². The van der Waals surface area contributed by atoms with Gasteiger partial charge in [0.15, 0.2) is 0 Å². The molecular weight excluding hydrogens is 282 g/mol. The monoisotopic (exact) mass is 307 g/mol. The molecule has 2 heterocycles. The fourth-order valence-corrected chi connectivity index (χ4v) is 2.65. The Bertz CT molecular complexity index is 526. The SMILES string of the molecule is CC(=O)N1CCCN(CC(=O)N(C)Cc2ccc(C)o2)CC1. The minimum atomic E-state index is 0.0744. The molecule has 2 rings (SSSR count). The van der Waals surface area contributed by atoms with Crippen molar-refractivity contribution in [3.8, 4) is 0 Å². The molecule has 0 atom stereocenters. The lowest BCUT2D eigenvalue weighted by Crippen LogP contribution is -2.40. The summed E-state index contributed by atoms with van der Waals surface area (Å²) in [6.07, 6.45) is 0.911. The van der Waals surface area contributed by atoms with E-state index in [1.807, 2.05) is 24.0 Å². The third-order valence-electron chi connectivity index (χ3n) is 4.01. The number of nitrogens with zero attached hydrogens (tertiary/aromatic N) is 3. The van der Waals surface area contributed by atoms with Gasteiger partial charge >= 0.3 is 0 Å². The van der Waals surface area contributed by atoms with E-state index < -0.39 is 0 Å². The van der Waals surface area contributed by atoms with Crippen molar-refractivity contribution in [1.82, 2.24) is 14.7 Å². The van der Waals surface area contributed by atoms with Crippen molar-refractivity contribution in [1.29, 1.82) is 0 Å². The molecule has 0 unspecified atom stereocenters. The van der Waals surface area contributed by atoms with Crippen molar-refractivity contribution < 1.29 is 14.0 Å². The summed E-state index contributed by atoms with van der Waals surface area (Å²) in [7, 11) is 1.79. The number of rotatable bonds is 4. The van der Waals surface area contributed by atoms with E-state index in [1.165, 1.54) is 0 Å². The van der Waals surface area contributed by atoms with Crippen LogP contribution < -0.4 is 0 Å². The number of hydrogen-bond donors (Lipinski definition) is 0. The van der Waals surface area contributed by atoms with Crippen LogP contribution in [0.1, 0.15) is 24.9 Å². The summed E-state index contributed by atoms with van der Waals surface area (Å²) in [4.78, 5) is 29.4. The van der Waals surface area contributed by atoms with Gasteiger partial charge in [0.25, 0.3) is 0 Å². The van der Waals surface area contributed by atoms with Gasteiger partial charge in [0.2, 0.25) is 11.8 Å². The third-order valence-corrected chi connectivity index (χ3v) is 4.01. The van der Waals surface area contributed by atoms with Crippen LogP contribution >= 0.6 is 0 Å². The zero-order chi connectivity index (χ0) is 16.1. The van der Waals surface area contributed by atoms with Gasteiger partial charge in [-0.05, 0) is 25.5 Å². The third kappa shape index (κ3) is 4.59. The quantitative estimate of drug-likeness (QED) is 0.836. The van der Waals surface area contributed by atoms with Crippen LogP contribution in [0.2, 0.25) is 0 Å². The molecule has 6 heteroatoms. The Labute approximate surface area is 131 Å². The predicted molar refractivity (Wildman–Crippen MR) is 83.2 cm³/mol. The van der Waals surface area contributed by atoms with E-state index in [0.717, 1.165) is 37.6 Å². The van der Waals surface area contributed by atoms with Crippen LogP contribution in [0.15, 0.2) is 16.5 Å². The lowest BCUT2D eigenvalue weighted by Gasteiger charge is -2.23. The molecule has 1 aliphatic rings. The molecule has 1 saturated heterocycles. The highest BCUT2D eigenvalue weighted by Crippen LogP contribution is 2.09. The van der Waals surface area contributed by atoms with E-state index in [4.69, 9.17) is 4.42 Å². The van der Waals surface area contributed by atoms with Gasteiger partial charge in [0.05, 0.1) is 13.1 Å². The topological polar surface area (TPSA) is 57.0 Å². The fourth-order valence-electron chi connectivity index (χ4n) is 2.65. The summed E-state index contributed by atoms with van der Waals surface area (Å²) in [6, 6.07) is 3.80. The molecule has 1 aromatic heterocycles. The average molecular weight is 307 g/mol. The molecular formula is C16H25N3O3. The minimum Gasteiger partial charge on any atom is -0.464 e. The summed E-state index contributed by atoms with van der Waals surface area (Å²) < 4.78 is 5.50. The molecule has 0 aliphatic carbocycles. The molecule has 0 N–H and O–H groups in total. The second kappa shape index (κ2) is 7.45. The molecule has 0 spiro atoms. The summed E-state index contributed by atoms with van der Waals surface area (Å²) >= 11 is 0. The first kappa shape index (κ1) is 16.5. The number of carbonyl (C=O) groups is 2. The van der Waals surface area contributed by atoms with Gasteiger partial charge in [-0.15, -0.1) is 0 Å². The van der Waals surface area contributed by atoms with E-state index in [1.54, 1.807) is 18.9 Å². The molecule has 0 aromatic carbocycles. The summed E-state index contributed by atoms with van der Waals surface area (Å²) in [5.74, 6) is 1.84. The molecule has 2 amide bonds. The lowest BCUT2D eigenvalue weighted by molar-refractivity contribution is -0.131. The minimum absolute atomic E-state index is 0.0744. The van der Waals surface area contributed by atoms with E-state index in [-0.39, 0.29) is 11.8 Å². The van der Waals surface area contributed by atoms with Crippen LogP contribution in [0.5, 0.6) is 0 Å². The van der Waals surface area contributed by atoms with E-state index in [0.29, 0.717) is 19.6 Å². The Morgan fingerprint density at radius 3 is 2.64 bits per heavy atom. The highest BCUT2D eigenvalue weighted by Gasteiger charge is 2.20. The first-order valence-electron chi connectivity index (χ1n) is 7.73. The molecule has 0 radical (unpaired) electrons. The maximum absolute atomic E-state index is 12.3.